The van der Waals surface area contributed by atoms with Crippen LogP contribution < -0.4 is 15.0 Å². The van der Waals surface area contributed by atoms with Gasteiger partial charge in [0.05, 0.1) is 24.4 Å². The van der Waals surface area contributed by atoms with Gasteiger partial charge in [0.2, 0.25) is 11.8 Å². The molecule has 1 unspecified atom stereocenters. The number of carbonyl (C=O) groups is 2. The number of rotatable bonds is 4. The van der Waals surface area contributed by atoms with E-state index < -0.39 is 5.92 Å². The van der Waals surface area contributed by atoms with Crippen LogP contribution in [0.3, 0.4) is 0 Å². The van der Waals surface area contributed by atoms with Crippen molar-refractivity contribution in [3.05, 3.63) is 54.7 Å². The molecule has 1 atom stereocenters. The van der Waals surface area contributed by atoms with Crippen molar-refractivity contribution >= 4 is 34.1 Å². The van der Waals surface area contributed by atoms with Gasteiger partial charge in [0.1, 0.15) is 5.75 Å². The molecule has 2 heterocycles. The van der Waals surface area contributed by atoms with Crippen LogP contribution in [0.4, 0.5) is 11.4 Å². The lowest BCUT2D eigenvalue weighted by atomic mass is 10.1. The van der Waals surface area contributed by atoms with Crippen LogP contribution in [0.5, 0.6) is 5.75 Å². The van der Waals surface area contributed by atoms with Crippen molar-refractivity contribution in [2.24, 2.45) is 13.0 Å². The normalized spacial score (nSPS) is 16.7. The first kappa shape index (κ1) is 17.1. The molecule has 6 nitrogen and oxygen atoms in total. The van der Waals surface area contributed by atoms with Crippen molar-refractivity contribution < 1.29 is 14.3 Å². The third kappa shape index (κ3) is 3.03. The molecular weight excluding hydrogens is 342 g/mol. The second kappa shape index (κ2) is 6.79. The number of para-hydroxylation sites is 2. The van der Waals surface area contributed by atoms with Crippen molar-refractivity contribution in [1.29, 1.82) is 0 Å². The first-order valence-electron chi connectivity index (χ1n) is 8.87. The van der Waals surface area contributed by atoms with Gasteiger partial charge in [-0.2, -0.15) is 0 Å². The van der Waals surface area contributed by atoms with Gasteiger partial charge in [-0.15, -0.1) is 0 Å². The molecule has 27 heavy (non-hydrogen) atoms. The number of fused-ring (bicyclic) bond motifs is 1. The summed E-state index contributed by atoms with van der Waals surface area (Å²) in [6.07, 6.45) is 2.15. The van der Waals surface area contributed by atoms with E-state index in [0.717, 1.165) is 16.6 Å². The summed E-state index contributed by atoms with van der Waals surface area (Å²) in [5.41, 5.74) is 2.51. The molecule has 1 N–H and O–H groups in total. The first-order chi connectivity index (χ1) is 13.1. The maximum atomic E-state index is 12.8. The van der Waals surface area contributed by atoms with Gasteiger partial charge in [0.15, 0.2) is 0 Å². The van der Waals surface area contributed by atoms with E-state index in [2.05, 4.69) is 5.32 Å². The van der Waals surface area contributed by atoms with Crippen molar-refractivity contribution in [2.45, 2.75) is 6.42 Å². The van der Waals surface area contributed by atoms with Gasteiger partial charge in [-0.05, 0) is 30.3 Å². The Kier molecular flexibility index (Phi) is 4.32. The summed E-state index contributed by atoms with van der Waals surface area (Å²) < 4.78 is 7.36. The van der Waals surface area contributed by atoms with Gasteiger partial charge in [0, 0.05) is 37.1 Å². The quantitative estimate of drug-likeness (QED) is 0.774. The molecule has 6 heteroatoms. The number of amides is 2. The van der Waals surface area contributed by atoms with Gasteiger partial charge in [-0.25, -0.2) is 0 Å². The number of aryl methyl sites for hydroxylation is 1. The molecule has 0 saturated carbocycles. The van der Waals surface area contributed by atoms with Crippen LogP contribution >= 0.6 is 0 Å². The molecule has 0 aliphatic carbocycles. The van der Waals surface area contributed by atoms with E-state index >= 15 is 0 Å². The average molecular weight is 363 g/mol. The molecule has 0 bridgehead atoms. The lowest BCUT2D eigenvalue weighted by Crippen LogP contribution is -2.28. The Morgan fingerprint density at radius 1 is 1.15 bits per heavy atom. The lowest BCUT2D eigenvalue weighted by molar-refractivity contribution is -0.122. The second-order valence-electron chi connectivity index (χ2n) is 6.73. The molecule has 1 aliphatic rings. The van der Waals surface area contributed by atoms with Crippen LogP contribution in [0.1, 0.15) is 6.42 Å². The zero-order valence-electron chi connectivity index (χ0n) is 15.3. The number of hydrogen-bond acceptors (Lipinski definition) is 3. The monoisotopic (exact) mass is 363 g/mol. The Balaban J connectivity index is 1.54. The van der Waals surface area contributed by atoms with Crippen molar-refractivity contribution in [3.63, 3.8) is 0 Å². The van der Waals surface area contributed by atoms with E-state index in [0.29, 0.717) is 18.0 Å². The number of anilines is 2. The van der Waals surface area contributed by atoms with E-state index in [4.69, 9.17) is 4.74 Å². The first-order valence-corrected chi connectivity index (χ1v) is 8.87. The van der Waals surface area contributed by atoms with E-state index in [1.165, 1.54) is 0 Å². The number of benzene rings is 2. The summed E-state index contributed by atoms with van der Waals surface area (Å²) in [6, 6.07) is 15.1. The number of ether oxygens (including phenoxy) is 1. The SMILES string of the molecule is COc1ccccc1N1CC(C(=O)Nc2cccc3c2ccn3C)CC1=O. The zero-order chi connectivity index (χ0) is 19.0. The molecule has 0 spiro atoms. The van der Waals surface area contributed by atoms with Crippen molar-refractivity contribution in [1.82, 2.24) is 4.57 Å². The van der Waals surface area contributed by atoms with E-state index in [1.54, 1.807) is 12.0 Å². The Hall–Kier alpha value is -3.28. The Morgan fingerprint density at radius 2 is 1.96 bits per heavy atom. The average Bonchev–Trinajstić information content (AvgIpc) is 3.26. The summed E-state index contributed by atoms with van der Waals surface area (Å²) in [5, 5.41) is 3.98. The predicted octanol–water partition coefficient (Wildman–Crippen LogP) is 3.18. The molecule has 3 aromatic rings. The van der Waals surface area contributed by atoms with Crippen LogP contribution in [-0.4, -0.2) is 30.0 Å². The van der Waals surface area contributed by atoms with Crippen LogP contribution in [0.25, 0.3) is 10.9 Å². The molecular formula is C21H21N3O3. The Labute approximate surface area is 157 Å². The largest absolute Gasteiger partial charge is 0.495 e. The number of methoxy groups -OCH3 is 1. The Bertz CT molecular complexity index is 1020. The minimum Gasteiger partial charge on any atom is -0.495 e. The minimum absolute atomic E-state index is 0.0717. The standard InChI is InChI=1S/C21H21N3O3/c1-23-11-10-15-16(6-5-8-17(15)23)22-21(26)14-12-20(25)24(13-14)18-7-3-4-9-19(18)27-2/h3-11,14H,12-13H2,1-2H3,(H,22,26). The van der Waals surface area contributed by atoms with Gasteiger partial charge >= 0.3 is 0 Å². The third-order valence-electron chi connectivity index (χ3n) is 5.06. The van der Waals surface area contributed by atoms with E-state index in [9.17, 15) is 9.59 Å². The van der Waals surface area contributed by atoms with Crippen LogP contribution in [-0.2, 0) is 16.6 Å². The fourth-order valence-electron chi connectivity index (χ4n) is 3.61. The fraction of sp³-hybridized carbons (Fsp3) is 0.238. The van der Waals surface area contributed by atoms with Crippen molar-refractivity contribution in [3.8, 4) is 5.75 Å². The highest BCUT2D eigenvalue weighted by molar-refractivity contribution is 6.07. The molecule has 1 saturated heterocycles. The van der Waals surface area contributed by atoms with Crippen LogP contribution in [0.15, 0.2) is 54.7 Å². The van der Waals surface area contributed by atoms with E-state index in [-0.39, 0.29) is 18.2 Å². The predicted molar refractivity (Wildman–Crippen MR) is 105 cm³/mol. The highest BCUT2D eigenvalue weighted by atomic mass is 16.5. The molecule has 0 radical (unpaired) electrons. The van der Waals surface area contributed by atoms with Gasteiger partial charge < -0.3 is 19.5 Å². The molecule has 138 valence electrons. The highest BCUT2D eigenvalue weighted by Gasteiger charge is 2.36. The number of aromatic nitrogens is 1. The number of carbonyl (C=O) groups excluding carboxylic acids is 2. The number of nitrogens with zero attached hydrogens (tertiary/aromatic N) is 2. The zero-order valence-corrected chi connectivity index (χ0v) is 15.3. The molecule has 2 amide bonds. The minimum atomic E-state index is -0.401. The van der Waals surface area contributed by atoms with Gasteiger partial charge in [-0.1, -0.05) is 18.2 Å². The summed E-state index contributed by atoms with van der Waals surface area (Å²) in [4.78, 5) is 27.0. The van der Waals surface area contributed by atoms with Gasteiger partial charge in [0.25, 0.3) is 0 Å². The van der Waals surface area contributed by atoms with Crippen molar-refractivity contribution in [2.75, 3.05) is 23.9 Å². The number of nitrogens with one attached hydrogen (secondary N) is 1. The lowest BCUT2D eigenvalue weighted by Gasteiger charge is -2.19. The highest BCUT2D eigenvalue weighted by Crippen LogP contribution is 2.33. The summed E-state index contributed by atoms with van der Waals surface area (Å²) in [7, 11) is 3.54. The number of hydrogen-bond donors (Lipinski definition) is 1. The molecule has 1 aliphatic heterocycles. The summed E-state index contributed by atoms with van der Waals surface area (Å²) in [6.45, 7) is 0.343. The summed E-state index contributed by atoms with van der Waals surface area (Å²) >= 11 is 0. The molecule has 4 rings (SSSR count). The Morgan fingerprint density at radius 3 is 2.78 bits per heavy atom. The third-order valence-corrected chi connectivity index (χ3v) is 5.06. The maximum absolute atomic E-state index is 12.8. The fourth-order valence-corrected chi connectivity index (χ4v) is 3.61. The van der Waals surface area contributed by atoms with Gasteiger partial charge in [-0.3, -0.25) is 9.59 Å². The second-order valence-corrected chi connectivity index (χ2v) is 6.73. The van der Waals surface area contributed by atoms with Crippen LogP contribution in [0.2, 0.25) is 0 Å². The molecule has 1 aromatic heterocycles. The maximum Gasteiger partial charge on any atom is 0.229 e. The summed E-state index contributed by atoms with van der Waals surface area (Å²) in [5.74, 6) is 0.0111. The topological polar surface area (TPSA) is 63.6 Å². The molecule has 1 fully saturated rings. The molecule has 2 aromatic carbocycles. The van der Waals surface area contributed by atoms with E-state index in [1.807, 2.05) is 66.3 Å². The van der Waals surface area contributed by atoms with Crippen LogP contribution in [0, 0.1) is 5.92 Å². The smallest absolute Gasteiger partial charge is 0.229 e.